The van der Waals surface area contributed by atoms with E-state index in [-0.39, 0.29) is 5.92 Å². The summed E-state index contributed by atoms with van der Waals surface area (Å²) in [4.78, 5) is 2.35. The van der Waals surface area contributed by atoms with Gasteiger partial charge in [-0.15, -0.1) is 0 Å². The Kier molecular flexibility index (Phi) is 6.81. The predicted molar refractivity (Wildman–Crippen MR) is 212 cm³/mol. The minimum absolute atomic E-state index is 0.250. The van der Waals surface area contributed by atoms with Gasteiger partial charge in [-0.1, -0.05) is 122 Å². The third-order valence-corrected chi connectivity index (χ3v) is 11.3. The fraction of sp³-hybridized carbons (Fsp3) is 0.102. The van der Waals surface area contributed by atoms with Crippen molar-refractivity contribution in [2.75, 3.05) is 4.90 Å². The summed E-state index contributed by atoms with van der Waals surface area (Å²) in [5.74, 6) is 3.15. The van der Waals surface area contributed by atoms with Crippen LogP contribution in [0.15, 0.2) is 176 Å². The van der Waals surface area contributed by atoms with Crippen molar-refractivity contribution in [1.29, 1.82) is 0 Å². The van der Waals surface area contributed by atoms with E-state index in [1.807, 2.05) is 12.1 Å². The maximum absolute atomic E-state index is 7.08. The average Bonchev–Trinajstić information content (AvgIpc) is 3.66. The second-order valence-electron chi connectivity index (χ2n) is 14.1. The van der Waals surface area contributed by atoms with Gasteiger partial charge in [-0.25, -0.2) is 0 Å². The molecule has 0 saturated carbocycles. The molecule has 10 rings (SSSR count). The third-order valence-electron chi connectivity index (χ3n) is 11.3. The third kappa shape index (κ3) is 4.26. The molecule has 3 aliphatic carbocycles. The van der Waals surface area contributed by atoms with Gasteiger partial charge in [0.25, 0.3) is 0 Å². The fourth-order valence-electron chi connectivity index (χ4n) is 9.13. The minimum atomic E-state index is -0.448. The van der Waals surface area contributed by atoms with Gasteiger partial charge in [0.2, 0.25) is 0 Å². The Labute approximate surface area is 305 Å². The normalized spacial score (nSPS) is 16.7. The summed E-state index contributed by atoms with van der Waals surface area (Å²) < 4.78 is 13.8. The van der Waals surface area contributed by atoms with Crippen LogP contribution in [0.3, 0.4) is 0 Å². The van der Waals surface area contributed by atoms with E-state index in [2.05, 4.69) is 171 Å². The number of aryl methyl sites for hydroxylation is 1. The van der Waals surface area contributed by atoms with Crippen LogP contribution in [0.5, 0.6) is 23.0 Å². The molecule has 4 aliphatic rings. The molecular weight excluding hydrogens is 635 g/mol. The SMILES string of the molecule is C=C/C(=C\C)C1C=CC=C(N(c2cccc(C)c2)c2ccc3c(c2)Oc2c(ccc4c2-c2ccccc2C42c4ccccc4-c4ccccc42)O3)C1. The molecule has 250 valence electrons. The first-order valence-electron chi connectivity index (χ1n) is 18.1. The first-order valence-corrected chi connectivity index (χ1v) is 18.1. The van der Waals surface area contributed by atoms with E-state index in [1.54, 1.807) is 0 Å². The van der Waals surface area contributed by atoms with Gasteiger partial charge in [0, 0.05) is 34.6 Å². The lowest BCUT2D eigenvalue weighted by molar-refractivity contribution is 0.360. The summed E-state index contributed by atoms with van der Waals surface area (Å²) >= 11 is 0. The van der Waals surface area contributed by atoms with Crippen LogP contribution in [0.4, 0.5) is 11.4 Å². The zero-order chi connectivity index (χ0) is 35.0. The van der Waals surface area contributed by atoms with Crippen molar-refractivity contribution < 1.29 is 9.47 Å². The lowest BCUT2D eigenvalue weighted by atomic mass is 9.70. The van der Waals surface area contributed by atoms with E-state index >= 15 is 0 Å². The largest absolute Gasteiger partial charge is 0.449 e. The summed E-state index contributed by atoms with van der Waals surface area (Å²) in [6.07, 6.45) is 11.6. The molecule has 6 aromatic rings. The van der Waals surface area contributed by atoms with Crippen LogP contribution in [0.1, 0.15) is 41.2 Å². The molecule has 52 heavy (non-hydrogen) atoms. The van der Waals surface area contributed by atoms with Gasteiger partial charge < -0.3 is 14.4 Å². The molecule has 0 aromatic heterocycles. The standard InChI is InChI=1S/C49H37NO2/c1-4-32(5-2)33-15-13-17-35(29-33)50(34-16-12-14-31(3)28-34)36-24-26-44-46(30-36)52-48-45(51-44)27-25-43-47(48)39-20-8-11-23-42(39)49(43)40-21-9-6-18-37(40)38-19-7-10-22-41(38)49/h4-28,30,33H,1,29H2,2-3H3/b32-5+. The van der Waals surface area contributed by atoms with Gasteiger partial charge in [-0.2, -0.15) is 0 Å². The van der Waals surface area contributed by atoms with Gasteiger partial charge in [0.15, 0.2) is 23.0 Å². The van der Waals surface area contributed by atoms with Crippen molar-refractivity contribution in [3.05, 3.63) is 203 Å². The van der Waals surface area contributed by atoms with E-state index in [0.717, 1.165) is 34.9 Å². The molecule has 6 aromatic carbocycles. The van der Waals surface area contributed by atoms with Crippen LogP contribution >= 0.6 is 0 Å². The molecule has 0 saturated heterocycles. The van der Waals surface area contributed by atoms with Crippen molar-refractivity contribution >= 4 is 11.4 Å². The van der Waals surface area contributed by atoms with Crippen LogP contribution in [0.25, 0.3) is 22.3 Å². The highest BCUT2D eigenvalue weighted by atomic mass is 16.6. The molecule has 0 radical (unpaired) electrons. The zero-order valence-corrected chi connectivity index (χ0v) is 29.3. The van der Waals surface area contributed by atoms with Crippen LogP contribution in [-0.4, -0.2) is 0 Å². The Morgan fingerprint density at radius 3 is 2.08 bits per heavy atom. The molecule has 0 fully saturated rings. The fourth-order valence-corrected chi connectivity index (χ4v) is 9.13. The Bertz CT molecular complexity index is 2520. The molecule has 1 heterocycles. The molecule has 1 atom stereocenters. The monoisotopic (exact) mass is 671 g/mol. The number of fused-ring (bicyclic) bond motifs is 13. The van der Waals surface area contributed by atoms with E-state index in [9.17, 15) is 0 Å². The summed E-state index contributed by atoms with van der Waals surface area (Å²) in [6, 6.07) is 45.9. The van der Waals surface area contributed by atoms with Crippen LogP contribution in [-0.2, 0) is 5.41 Å². The summed E-state index contributed by atoms with van der Waals surface area (Å²) in [7, 11) is 0. The second kappa shape index (κ2) is 11.6. The molecule has 3 heteroatoms. The van der Waals surface area contributed by atoms with E-state index in [4.69, 9.17) is 9.47 Å². The molecule has 3 nitrogen and oxygen atoms in total. The maximum atomic E-state index is 7.08. The second-order valence-corrected chi connectivity index (χ2v) is 14.1. The summed E-state index contributed by atoms with van der Waals surface area (Å²) in [5.41, 5.74) is 15.3. The average molecular weight is 672 g/mol. The Morgan fingerprint density at radius 1 is 0.692 bits per heavy atom. The van der Waals surface area contributed by atoms with Gasteiger partial charge >= 0.3 is 0 Å². The van der Waals surface area contributed by atoms with Gasteiger partial charge in [0.05, 0.1) is 5.41 Å². The number of nitrogens with zero attached hydrogens (tertiary/aromatic N) is 1. The van der Waals surface area contributed by atoms with E-state index < -0.39 is 5.41 Å². The number of allylic oxidation sites excluding steroid dienone is 7. The number of hydrogen-bond donors (Lipinski definition) is 0. The number of anilines is 2. The number of ether oxygens (including phenoxy) is 2. The number of rotatable bonds is 5. The predicted octanol–water partition coefficient (Wildman–Crippen LogP) is 13.0. The first kappa shape index (κ1) is 30.5. The Hall–Kier alpha value is -6.32. The lowest BCUT2D eigenvalue weighted by Gasteiger charge is -2.33. The molecule has 0 amide bonds. The van der Waals surface area contributed by atoms with Crippen LogP contribution < -0.4 is 14.4 Å². The minimum Gasteiger partial charge on any atom is -0.449 e. The van der Waals surface area contributed by atoms with Crippen LogP contribution in [0, 0.1) is 12.8 Å². The Balaban J connectivity index is 1.12. The van der Waals surface area contributed by atoms with E-state index in [0.29, 0.717) is 11.5 Å². The molecule has 0 bridgehead atoms. The van der Waals surface area contributed by atoms with Crippen molar-refractivity contribution in [2.24, 2.45) is 5.92 Å². The molecule has 1 unspecified atom stereocenters. The van der Waals surface area contributed by atoms with Crippen molar-refractivity contribution in [3.8, 4) is 45.3 Å². The van der Waals surface area contributed by atoms with Crippen molar-refractivity contribution in [2.45, 2.75) is 25.7 Å². The van der Waals surface area contributed by atoms with Crippen LogP contribution in [0.2, 0.25) is 0 Å². The molecule has 0 N–H and O–H groups in total. The number of hydrogen-bond acceptors (Lipinski definition) is 3. The highest BCUT2D eigenvalue weighted by Gasteiger charge is 2.53. The van der Waals surface area contributed by atoms with Crippen molar-refractivity contribution in [3.63, 3.8) is 0 Å². The van der Waals surface area contributed by atoms with E-state index in [1.165, 1.54) is 55.8 Å². The highest BCUT2D eigenvalue weighted by Crippen LogP contribution is 2.66. The molecule has 1 aliphatic heterocycles. The zero-order valence-electron chi connectivity index (χ0n) is 29.3. The summed E-state index contributed by atoms with van der Waals surface area (Å²) in [6.45, 7) is 8.32. The smallest absolute Gasteiger partial charge is 0.178 e. The topological polar surface area (TPSA) is 21.7 Å². The van der Waals surface area contributed by atoms with Gasteiger partial charge in [0.1, 0.15) is 0 Å². The quantitative estimate of drug-likeness (QED) is 0.170. The van der Waals surface area contributed by atoms with Gasteiger partial charge in [-0.3, -0.25) is 0 Å². The Morgan fingerprint density at radius 2 is 1.37 bits per heavy atom. The van der Waals surface area contributed by atoms with Crippen molar-refractivity contribution in [1.82, 2.24) is 0 Å². The summed E-state index contributed by atoms with van der Waals surface area (Å²) in [5, 5.41) is 0. The molecular formula is C49H37NO2. The van der Waals surface area contributed by atoms with Gasteiger partial charge in [-0.05, 0) is 107 Å². The molecule has 1 spiro atoms. The number of benzene rings is 6. The maximum Gasteiger partial charge on any atom is 0.178 e. The lowest BCUT2D eigenvalue weighted by Crippen LogP contribution is -2.25. The first-order chi connectivity index (χ1) is 25.6. The highest BCUT2D eigenvalue weighted by molar-refractivity contribution is 5.97.